The molecule has 4 heteroatoms. The van der Waals surface area contributed by atoms with Crippen LogP contribution in [0.2, 0.25) is 0 Å². The Bertz CT molecular complexity index is 870. The molecule has 1 aromatic carbocycles. The molecule has 0 spiro atoms. The standard InChI is InChI=1S/C12H12O2S.C9H10O/c1-3-10-11(14-8(2)13)5-4-9-6-7-15-12(9)10;1-7-3-2-4-8-5-6-10-9(7)8/h4-7H,3H2,1-2H3;2-3,5-6,8H,4H2,1H3. The number of hydrogen-bond donors (Lipinski definition) is 0. The van der Waals surface area contributed by atoms with Gasteiger partial charge in [0.25, 0.3) is 0 Å². The fourth-order valence-electron chi connectivity index (χ4n) is 3.09. The van der Waals surface area contributed by atoms with E-state index in [4.69, 9.17) is 9.47 Å². The molecule has 0 bridgehead atoms. The monoisotopic (exact) mass is 354 g/mol. The molecule has 0 N–H and O–H groups in total. The van der Waals surface area contributed by atoms with E-state index < -0.39 is 0 Å². The zero-order valence-electron chi connectivity index (χ0n) is 14.7. The van der Waals surface area contributed by atoms with Crippen molar-refractivity contribution in [3.8, 4) is 5.75 Å². The van der Waals surface area contributed by atoms with Crippen LogP contribution in [0.4, 0.5) is 0 Å². The molecular weight excluding hydrogens is 332 g/mol. The molecule has 1 aromatic heterocycles. The fourth-order valence-corrected chi connectivity index (χ4v) is 4.10. The van der Waals surface area contributed by atoms with Crippen molar-refractivity contribution < 1.29 is 14.3 Å². The zero-order chi connectivity index (χ0) is 17.8. The molecule has 4 rings (SSSR count). The molecule has 0 saturated carbocycles. The van der Waals surface area contributed by atoms with Gasteiger partial charge in [0, 0.05) is 23.1 Å². The lowest BCUT2D eigenvalue weighted by Gasteiger charge is -2.13. The topological polar surface area (TPSA) is 35.5 Å². The van der Waals surface area contributed by atoms with E-state index in [2.05, 4.69) is 43.5 Å². The number of thiophene rings is 1. The zero-order valence-corrected chi connectivity index (χ0v) is 15.6. The van der Waals surface area contributed by atoms with E-state index in [1.807, 2.05) is 12.1 Å². The number of fused-ring (bicyclic) bond motifs is 2. The first kappa shape index (κ1) is 17.5. The Hall–Kier alpha value is -2.33. The van der Waals surface area contributed by atoms with Crippen LogP contribution in [-0.4, -0.2) is 5.97 Å². The molecular formula is C21H22O3S. The lowest BCUT2D eigenvalue weighted by molar-refractivity contribution is -0.131. The molecule has 0 saturated heterocycles. The van der Waals surface area contributed by atoms with Gasteiger partial charge in [-0.2, -0.15) is 0 Å². The maximum atomic E-state index is 10.9. The van der Waals surface area contributed by atoms with Gasteiger partial charge in [-0.15, -0.1) is 11.3 Å². The second-order valence-corrected chi connectivity index (χ2v) is 6.98. The smallest absolute Gasteiger partial charge is 0.308 e. The third-order valence-electron chi connectivity index (χ3n) is 4.28. The average Bonchev–Trinajstić information content (AvgIpc) is 3.24. The number of benzene rings is 1. The van der Waals surface area contributed by atoms with E-state index in [1.54, 1.807) is 17.6 Å². The molecule has 1 atom stereocenters. The summed E-state index contributed by atoms with van der Waals surface area (Å²) in [6, 6.07) is 5.94. The lowest BCUT2D eigenvalue weighted by atomic mass is 9.96. The Morgan fingerprint density at radius 1 is 1.36 bits per heavy atom. The van der Waals surface area contributed by atoms with Crippen LogP contribution in [-0.2, 0) is 16.0 Å². The molecule has 2 heterocycles. The number of ether oxygens (including phenoxy) is 2. The second-order valence-electron chi connectivity index (χ2n) is 6.07. The van der Waals surface area contributed by atoms with Gasteiger partial charge < -0.3 is 9.47 Å². The van der Waals surface area contributed by atoms with Crippen molar-refractivity contribution >= 4 is 27.4 Å². The van der Waals surface area contributed by atoms with Crippen LogP contribution in [0.5, 0.6) is 5.75 Å². The van der Waals surface area contributed by atoms with Gasteiger partial charge in [0.1, 0.15) is 11.5 Å². The molecule has 1 aliphatic carbocycles. The first-order valence-electron chi connectivity index (χ1n) is 8.48. The minimum atomic E-state index is -0.263. The van der Waals surface area contributed by atoms with Gasteiger partial charge in [0.15, 0.2) is 0 Å². The van der Waals surface area contributed by atoms with Crippen LogP contribution in [0.25, 0.3) is 10.1 Å². The lowest BCUT2D eigenvalue weighted by Crippen LogP contribution is -2.03. The molecule has 0 amide bonds. The molecule has 0 fully saturated rings. The van der Waals surface area contributed by atoms with Crippen LogP contribution < -0.4 is 4.74 Å². The Balaban J connectivity index is 0.000000157. The van der Waals surface area contributed by atoms with Crippen molar-refractivity contribution in [1.82, 2.24) is 0 Å². The maximum absolute atomic E-state index is 10.9. The summed E-state index contributed by atoms with van der Waals surface area (Å²) in [7, 11) is 0. The molecule has 25 heavy (non-hydrogen) atoms. The highest BCUT2D eigenvalue weighted by Crippen LogP contribution is 2.33. The van der Waals surface area contributed by atoms with E-state index in [-0.39, 0.29) is 5.97 Å². The summed E-state index contributed by atoms with van der Waals surface area (Å²) >= 11 is 1.69. The number of allylic oxidation sites excluding steroid dienone is 4. The minimum Gasteiger partial charge on any atom is -0.469 e. The van der Waals surface area contributed by atoms with E-state index in [0.717, 1.165) is 24.2 Å². The molecule has 130 valence electrons. The van der Waals surface area contributed by atoms with Gasteiger partial charge in [-0.25, -0.2) is 0 Å². The Labute approximate surface area is 152 Å². The molecule has 2 aliphatic rings. The van der Waals surface area contributed by atoms with Gasteiger partial charge in [0.05, 0.1) is 6.26 Å². The van der Waals surface area contributed by atoms with Crippen molar-refractivity contribution in [3.05, 3.63) is 65.0 Å². The second kappa shape index (κ2) is 7.70. The van der Waals surface area contributed by atoms with Crippen LogP contribution in [0, 0.1) is 5.92 Å². The summed E-state index contributed by atoms with van der Waals surface area (Å²) in [6.07, 6.45) is 10.2. The minimum absolute atomic E-state index is 0.263. The SMILES string of the molecule is CC1=C2OC=CC2CC=C1.CCc1c(OC(C)=O)ccc2ccsc12. The number of carbonyl (C=O) groups is 1. The third kappa shape index (κ3) is 3.85. The summed E-state index contributed by atoms with van der Waals surface area (Å²) in [6.45, 7) is 5.59. The van der Waals surface area contributed by atoms with Crippen LogP contribution in [0.3, 0.4) is 0 Å². The first-order valence-corrected chi connectivity index (χ1v) is 9.36. The average molecular weight is 354 g/mol. The Morgan fingerprint density at radius 3 is 2.92 bits per heavy atom. The van der Waals surface area contributed by atoms with Crippen molar-refractivity contribution in [3.63, 3.8) is 0 Å². The van der Waals surface area contributed by atoms with E-state index in [0.29, 0.717) is 11.7 Å². The predicted octanol–water partition coefficient (Wildman–Crippen LogP) is 5.77. The Morgan fingerprint density at radius 2 is 2.20 bits per heavy atom. The number of esters is 1. The Kier molecular flexibility index (Phi) is 5.39. The maximum Gasteiger partial charge on any atom is 0.308 e. The number of hydrogen-bond acceptors (Lipinski definition) is 4. The summed E-state index contributed by atoms with van der Waals surface area (Å²) < 4.78 is 11.7. The van der Waals surface area contributed by atoms with Gasteiger partial charge in [-0.3, -0.25) is 4.79 Å². The van der Waals surface area contributed by atoms with Crippen molar-refractivity contribution in [2.45, 2.75) is 33.6 Å². The first-order chi connectivity index (χ1) is 12.1. The van der Waals surface area contributed by atoms with Crippen molar-refractivity contribution in [2.24, 2.45) is 5.92 Å². The van der Waals surface area contributed by atoms with Crippen LogP contribution in [0.15, 0.2) is 59.4 Å². The summed E-state index contributed by atoms with van der Waals surface area (Å²) in [4.78, 5) is 10.9. The van der Waals surface area contributed by atoms with E-state index in [1.165, 1.54) is 22.6 Å². The molecule has 2 aromatic rings. The largest absolute Gasteiger partial charge is 0.469 e. The van der Waals surface area contributed by atoms with Crippen molar-refractivity contribution in [2.75, 3.05) is 0 Å². The normalized spacial score (nSPS) is 17.8. The van der Waals surface area contributed by atoms with Crippen molar-refractivity contribution in [1.29, 1.82) is 0 Å². The van der Waals surface area contributed by atoms with Gasteiger partial charge in [-0.1, -0.05) is 19.1 Å². The third-order valence-corrected chi connectivity index (χ3v) is 5.27. The van der Waals surface area contributed by atoms with E-state index >= 15 is 0 Å². The number of carbonyl (C=O) groups excluding carboxylic acids is 1. The summed E-state index contributed by atoms with van der Waals surface area (Å²) in [5.41, 5.74) is 2.39. The highest BCUT2D eigenvalue weighted by atomic mass is 32.1. The highest BCUT2D eigenvalue weighted by Gasteiger charge is 2.20. The van der Waals surface area contributed by atoms with Gasteiger partial charge >= 0.3 is 5.97 Å². The number of rotatable bonds is 2. The fraction of sp³-hybridized carbons (Fsp3) is 0.286. The predicted molar refractivity (Wildman–Crippen MR) is 103 cm³/mol. The summed E-state index contributed by atoms with van der Waals surface area (Å²) in [5.74, 6) is 2.10. The number of aryl methyl sites for hydroxylation is 1. The molecule has 1 aliphatic heterocycles. The quantitative estimate of drug-likeness (QED) is 0.507. The van der Waals surface area contributed by atoms with Gasteiger partial charge in [-0.05, 0) is 60.4 Å². The molecule has 0 radical (unpaired) electrons. The van der Waals surface area contributed by atoms with Crippen LogP contribution in [0.1, 0.15) is 32.8 Å². The van der Waals surface area contributed by atoms with Crippen LogP contribution >= 0.6 is 11.3 Å². The molecule has 3 nitrogen and oxygen atoms in total. The van der Waals surface area contributed by atoms with Gasteiger partial charge in [0.2, 0.25) is 0 Å². The molecule has 1 unspecified atom stereocenters. The van der Waals surface area contributed by atoms with E-state index in [9.17, 15) is 4.79 Å². The summed E-state index contributed by atoms with van der Waals surface area (Å²) in [5, 5.41) is 3.27. The highest BCUT2D eigenvalue weighted by molar-refractivity contribution is 7.17.